The summed E-state index contributed by atoms with van der Waals surface area (Å²) in [5.41, 5.74) is 4.65. The summed E-state index contributed by atoms with van der Waals surface area (Å²) in [7, 11) is 3.03. The molecule has 0 N–H and O–H groups in total. The van der Waals surface area contributed by atoms with Crippen molar-refractivity contribution in [3.8, 4) is 11.5 Å². The van der Waals surface area contributed by atoms with E-state index in [2.05, 4.69) is 9.97 Å². The van der Waals surface area contributed by atoms with Crippen LogP contribution in [0.15, 0.2) is 46.2 Å². The third-order valence-electron chi connectivity index (χ3n) is 4.92. The van der Waals surface area contributed by atoms with Crippen LogP contribution in [0.5, 0.6) is 11.5 Å². The quantitative estimate of drug-likeness (QED) is 0.281. The highest BCUT2D eigenvalue weighted by Gasteiger charge is 2.10. The van der Waals surface area contributed by atoms with Gasteiger partial charge in [0.25, 0.3) is 11.1 Å². The summed E-state index contributed by atoms with van der Waals surface area (Å²) in [6.45, 7) is 7.70. The SMILES string of the molecule is C.COCOc1cc2nc(C)cc(=O)n2cc1OCOC.Cc1cc(=O)n2cc(C)c(C)cc2n1.[PH-2]. The predicted molar refractivity (Wildman–Crippen MR) is 142 cm³/mol. The second-order valence-electron chi connectivity index (χ2n) is 7.67. The number of methoxy groups -OCH3 is 2. The molecule has 0 atom stereocenters. The second-order valence-corrected chi connectivity index (χ2v) is 7.67. The van der Waals surface area contributed by atoms with E-state index in [1.165, 1.54) is 30.9 Å². The lowest BCUT2D eigenvalue weighted by Gasteiger charge is -2.13. The fraction of sp³-hybridized carbons (Fsp3) is 0.360. The predicted octanol–water partition coefficient (Wildman–Crippen LogP) is 3.82. The second kappa shape index (κ2) is 13.7. The molecule has 10 nitrogen and oxygen atoms in total. The Kier molecular flexibility index (Phi) is 11.7. The van der Waals surface area contributed by atoms with E-state index in [-0.39, 0.29) is 42.0 Å². The van der Waals surface area contributed by atoms with Crippen LogP contribution in [0.3, 0.4) is 0 Å². The van der Waals surface area contributed by atoms with Crippen molar-refractivity contribution in [1.29, 1.82) is 0 Å². The number of hydrogen-bond acceptors (Lipinski definition) is 8. The van der Waals surface area contributed by atoms with Crippen LogP contribution in [0.4, 0.5) is 0 Å². The number of nitrogens with zero attached hydrogens (tertiary/aromatic N) is 4. The Morgan fingerprint density at radius 1 is 0.694 bits per heavy atom. The minimum Gasteiger partial charge on any atom is -1.51 e. The smallest absolute Gasteiger partial charge is 0.258 e. The Bertz CT molecular complexity index is 1430. The molecule has 0 radical (unpaired) electrons. The molecule has 0 amide bonds. The van der Waals surface area contributed by atoms with E-state index in [1.54, 1.807) is 23.5 Å². The number of rotatable bonds is 6. The van der Waals surface area contributed by atoms with Crippen LogP contribution in [0, 0.1) is 27.7 Å². The maximum atomic E-state index is 11.9. The van der Waals surface area contributed by atoms with E-state index in [9.17, 15) is 9.59 Å². The van der Waals surface area contributed by atoms with Crippen LogP contribution >= 0.6 is 9.90 Å². The molecule has 0 aromatic carbocycles. The zero-order valence-corrected chi connectivity index (χ0v) is 21.6. The molecule has 0 aliphatic rings. The average molecular weight is 517 g/mol. The number of fused-ring (bicyclic) bond motifs is 2. The van der Waals surface area contributed by atoms with E-state index in [1.807, 2.05) is 33.0 Å². The first kappa shape index (κ1) is 30.7. The van der Waals surface area contributed by atoms with Crippen LogP contribution in [-0.4, -0.2) is 46.6 Å². The van der Waals surface area contributed by atoms with Crippen LogP contribution < -0.4 is 20.6 Å². The van der Waals surface area contributed by atoms with Gasteiger partial charge in [0.05, 0.1) is 6.20 Å². The summed E-state index contributed by atoms with van der Waals surface area (Å²) in [6, 6.07) is 6.55. The van der Waals surface area contributed by atoms with Gasteiger partial charge in [-0.1, -0.05) is 7.43 Å². The fourth-order valence-corrected chi connectivity index (χ4v) is 3.16. The number of aryl methyl sites for hydroxylation is 4. The number of aromatic nitrogens is 4. The van der Waals surface area contributed by atoms with E-state index < -0.39 is 0 Å². The van der Waals surface area contributed by atoms with Crippen molar-refractivity contribution in [2.45, 2.75) is 35.1 Å². The third kappa shape index (κ3) is 7.34. The molecular weight excluding hydrogens is 483 g/mol. The molecule has 11 heteroatoms. The summed E-state index contributed by atoms with van der Waals surface area (Å²) in [5, 5.41) is 0. The number of pyridine rings is 2. The Morgan fingerprint density at radius 3 is 1.69 bits per heavy atom. The lowest BCUT2D eigenvalue weighted by Crippen LogP contribution is -2.16. The Morgan fingerprint density at radius 2 is 1.17 bits per heavy atom. The van der Waals surface area contributed by atoms with Gasteiger partial charge in [-0.15, -0.1) is 0 Å². The van der Waals surface area contributed by atoms with Gasteiger partial charge >= 0.3 is 0 Å². The van der Waals surface area contributed by atoms with Crippen molar-refractivity contribution >= 4 is 21.2 Å². The van der Waals surface area contributed by atoms with Gasteiger partial charge in [0.1, 0.15) is 11.3 Å². The molecule has 196 valence electrons. The van der Waals surface area contributed by atoms with Crippen molar-refractivity contribution < 1.29 is 18.9 Å². The maximum Gasteiger partial charge on any atom is 0.258 e. The molecule has 0 spiro atoms. The Balaban J connectivity index is 0.000000359. The van der Waals surface area contributed by atoms with Crippen molar-refractivity contribution in [3.05, 3.63) is 79.9 Å². The molecule has 0 saturated carbocycles. The third-order valence-corrected chi connectivity index (χ3v) is 4.92. The molecule has 0 saturated heterocycles. The van der Waals surface area contributed by atoms with E-state index in [0.29, 0.717) is 22.8 Å². The van der Waals surface area contributed by atoms with Gasteiger partial charge in [-0.05, 0) is 44.9 Å². The highest BCUT2D eigenvalue weighted by atomic mass is 31.0. The van der Waals surface area contributed by atoms with Crippen LogP contribution in [0.1, 0.15) is 29.9 Å². The maximum absolute atomic E-state index is 11.9. The molecule has 0 bridgehead atoms. The summed E-state index contributed by atoms with van der Waals surface area (Å²) < 4.78 is 23.5. The van der Waals surface area contributed by atoms with E-state index >= 15 is 0 Å². The van der Waals surface area contributed by atoms with Gasteiger partial charge in [0.2, 0.25) is 0 Å². The lowest BCUT2D eigenvalue weighted by atomic mass is 10.2. The molecule has 4 heterocycles. The molecular formula is C25H33N4O6P-2. The molecule has 4 aromatic heterocycles. The van der Waals surface area contributed by atoms with Gasteiger partial charge in [-0.2, -0.15) is 0 Å². The van der Waals surface area contributed by atoms with Gasteiger partial charge < -0.3 is 28.8 Å². The monoisotopic (exact) mass is 516 g/mol. The number of hydrogen-bond donors (Lipinski definition) is 0. The van der Waals surface area contributed by atoms with Gasteiger partial charge in [-0.3, -0.25) is 18.4 Å². The molecule has 0 unspecified atom stereocenters. The Labute approximate surface area is 213 Å². The van der Waals surface area contributed by atoms with Crippen molar-refractivity contribution in [1.82, 2.24) is 18.8 Å². The summed E-state index contributed by atoms with van der Waals surface area (Å²) in [5.74, 6) is 0.811. The fourth-order valence-electron chi connectivity index (χ4n) is 3.16. The largest absolute Gasteiger partial charge is 1.51 e. The van der Waals surface area contributed by atoms with Crippen molar-refractivity contribution in [3.63, 3.8) is 0 Å². The van der Waals surface area contributed by atoms with E-state index in [0.717, 1.165) is 22.5 Å². The normalized spacial score (nSPS) is 10.2. The molecule has 36 heavy (non-hydrogen) atoms. The van der Waals surface area contributed by atoms with Gasteiger partial charge in [0, 0.05) is 50.0 Å². The molecule has 0 aliphatic carbocycles. The zero-order chi connectivity index (χ0) is 24.8. The minimum atomic E-state index is -0.187. The van der Waals surface area contributed by atoms with Crippen LogP contribution in [0.25, 0.3) is 11.3 Å². The summed E-state index contributed by atoms with van der Waals surface area (Å²) in [4.78, 5) is 32.1. The molecule has 0 aliphatic heterocycles. The molecule has 0 fully saturated rings. The first-order valence-corrected chi connectivity index (χ1v) is 10.5. The molecule has 4 rings (SSSR count). The van der Waals surface area contributed by atoms with Gasteiger partial charge in [-0.25, -0.2) is 9.97 Å². The highest BCUT2D eigenvalue weighted by molar-refractivity contribution is 6.92. The topological polar surface area (TPSA) is 106 Å². The lowest BCUT2D eigenvalue weighted by molar-refractivity contribution is 0.0320. The van der Waals surface area contributed by atoms with Gasteiger partial charge in [0.15, 0.2) is 25.1 Å². The number of ether oxygens (including phenoxy) is 4. The first-order chi connectivity index (χ1) is 16.2. The van der Waals surface area contributed by atoms with E-state index in [4.69, 9.17) is 18.9 Å². The first-order valence-electron chi connectivity index (χ1n) is 10.5. The highest BCUT2D eigenvalue weighted by Crippen LogP contribution is 2.27. The average Bonchev–Trinajstić information content (AvgIpc) is 2.78. The van der Waals surface area contributed by atoms with Crippen LogP contribution in [-0.2, 0) is 9.47 Å². The summed E-state index contributed by atoms with van der Waals surface area (Å²) in [6.07, 6.45) is 3.35. The molecule has 4 aromatic rings. The standard InChI is InChI=1S/C13H16N2O5.C11H12N2O.CH4.HP/c1-9-4-13(16)15-6-11(20-8-18-3)10(19-7-17-2)5-12(15)14-9;1-7-4-10-12-9(3)5-11(14)13(10)6-8(7)2;;/h4-6H,7-8H2,1-3H3;4-6H,1-3H3;1H4;1H/q;;;-2. The minimum absolute atomic E-state index is 0. The van der Waals surface area contributed by atoms with Crippen LogP contribution in [0.2, 0.25) is 0 Å². The van der Waals surface area contributed by atoms with Crippen molar-refractivity contribution in [2.75, 3.05) is 27.8 Å². The Hall–Kier alpha value is -3.33. The van der Waals surface area contributed by atoms with Crippen molar-refractivity contribution in [2.24, 2.45) is 0 Å². The summed E-state index contributed by atoms with van der Waals surface area (Å²) >= 11 is 0. The zero-order valence-electron chi connectivity index (χ0n) is 20.6.